The summed E-state index contributed by atoms with van der Waals surface area (Å²) in [7, 11) is 0. The molecule has 0 unspecified atom stereocenters. The van der Waals surface area contributed by atoms with Gasteiger partial charge in [-0.1, -0.05) is 0 Å². The van der Waals surface area contributed by atoms with Crippen LogP contribution >= 0.6 is 11.6 Å². The quantitative estimate of drug-likeness (QED) is 0.747. The predicted molar refractivity (Wildman–Crippen MR) is 59.2 cm³/mol. The third-order valence-corrected chi connectivity index (χ3v) is 2.10. The second-order valence-electron chi connectivity index (χ2n) is 2.92. The molecular formula is C11H9ClN2O. The molecule has 4 heteroatoms. The fraction of sp³-hybridized carbons (Fsp3) is 0.0909. The molecule has 0 atom stereocenters. The summed E-state index contributed by atoms with van der Waals surface area (Å²) in [6, 6.07) is 3.81. The van der Waals surface area contributed by atoms with Crippen molar-refractivity contribution in [2.45, 2.75) is 5.88 Å². The molecule has 15 heavy (non-hydrogen) atoms. The van der Waals surface area contributed by atoms with Gasteiger partial charge in [0, 0.05) is 18.5 Å². The maximum absolute atomic E-state index is 5.60. The van der Waals surface area contributed by atoms with Crippen LogP contribution in [0.1, 0.15) is 17.1 Å². The first-order valence-electron chi connectivity index (χ1n) is 4.47. The van der Waals surface area contributed by atoms with Gasteiger partial charge in [0.25, 0.3) is 0 Å². The fourth-order valence-electron chi connectivity index (χ4n) is 1.10. The summed E-state index contributed by atoms with van der Waals surface area (Å²) in [6.07, 6.45) is 8.73. The maximum Gasteiger partial charge on any atom is 0.218 e. The SMILES string of the molecule is ClCc1coc(/C=C/c2ccncc2)n1. The van der Waals surface area contributed by atoms with Crippen LogP contribution in [0.4, 0.5) is 0 Å². The molecule has 2 heterocycles. The van der Waals surface area contributed by atoms with E-state index in [0.29, 0.717) is 11.8 Å². The Morgan fingerprint density at radius 2 is 2.07 bits per heavy atom. The number of nitrogens with zero attached hydrogens (tertiary/aromatic N) is 2. The third kappa shape index (κ3) is 2.67. The molecule has 2 aromatic heterocycles. The maximum atomic E-state index is 5.60. The fourth-order valence-corrected chi connectivity index (χ4v) is 1.23. The first-order valence-corrected chi connectivity index (χ1v) is 5.00. The Bertz CT molecular complexity index is 451. The Hall–Kier alpha value is -1.61. The first-order chi connectivity index (χ1) is 7.38. The van der Waals surface area contributed by atoms with Crippen LogP contribution in [0.2, 0.25) is 0 Å². The van der Waals surface area contributed by atoms with E-state index in [-0.39, 0.29) is 0 Å². The van der Waals surface area contributed by atoms with Crippen molar-refractivity contribution in [1.82, 2.24) is 9.97 Å². The summed E-state index contributed by atoms with van der Waals surface area (Å²) >= 11 is 5.60. The Balaban J connectivity index is 2.11. The molecule has 0 N–H and O–H groups in total. The van der Waals surface area contributed by atoms with Crippen molar-refractivity contribution in [3.8, 4) is 0 Å². The molecule has 2 rings (SSSR count). The zero-order valence-corrected chi connectivity index (χ0v) is 8.69. The van der Waals surface area contributed by atoms with Crippen molar-refractivity contribution in [3.63, 3.8) is 0 Å². The molecule has 2 aromatic rings. The molecule has 0 radical (unpaired) electrons. The molecule has 76 valence electrons. The van der Waals surface area contributed by atoms with Crippen LogP contribution in [-0.4, -0.2) is 9.97 Å². The lowest BCUT2D eigenvalue weighted by Gasteiger charge is -1.88. The number of alkyl halides is 1. The van der Waals surface area contributed by atoms with Crippen LogP contribution in [0, 0.1) is 0 Å². The molecule has 0 fully saturated rings. The molecular weight excluding hydrogens is 212 g/mol. The van der Waals surface area contributed by atoms with E-state index in [1.165, 1.54) is 0 Å². The van der Waals surface area contributed by atoms with E-state index in [0.717, 1.165) is 11.3 Å². The largest absolute Gasteiger partial charge is 0.445 e. The average Bonchev–Trinajstić information content (AvgIpc) is 2.76. The van der Waals surface area contributed by atoms with Gasteiger partial charge in [-0.15, -0.1) is 11.6 Å². The molecule has 0 bridgehead atoms. The van der Waals surface area contributed by atoms with E-state index < -0.39 is 0 Å². The molecule has 0 spiro atoms. The number of pyridine rings is 1. The van der Waals surface area contributed by atoms with Crippen LogP contribution in [0.5, 0.6) is 0 Å². The third-order valence-electron chi connectivity index (χ3n) is 1.83. The zero-order valence-electron chi connectivity index (χ0n) is 7.93. The minimum absolute atomic E-state index is 0.368. The van der Waals surface area contributed by atoms with Crippen molar-refractivity contribution >= 4 is 23.8 Å². The van der Waals surface area contributed by atoms with Crippen LogP contribution < -0.4 is 0 Å². The van der Waals surface area contributed by atoms with Gasteiger partial charge in [-0.25, -0.2) is 4.98 Å². The van der Waals surface area contributed by atoms with Gasteiger partial charge in [-0.2, -0.15) is 0 Å². The Labute approximate surface area is 92.4 Å². The van der Waals surface area contributed by atoms with E-state index in [1.54, 1.807) is 24.7 Å². The monoisotopic (exact) mass is 220 g/mol. The number of rotatable bonds is 3. The van der Waals surface area contributed by atoms with E-state index in [1.807, 2.05) is 18.2 Å². The lowest BCUT2D eigenvalue weighted by molar-refractivity contribution is 0.546. The molecule has 0 aromatic carbocycles. The number of halogens is 1. The summed E-state index contributed by atoms with van der Waals surface area (Å²) < 4.78 is 5.18. The van der Waals surface area contributed by atoms with Gasteiger partial charge in [-0.3, -0.25) is 4.98 Å². The standard InChI is InChI=1S/C11H9ClN2O/c12-7-10-8-15-11(14-10)2-1-9-3-5-13-6-4-9/h1-6,8H,7H2/b2-1+. The van der Waals surface area contributed by atoms with Crippen molar-refractivity contribution in [2.24, 2.45) is 0 Å². The van der Waals surface area contributed by atoms with Gasteiger partial charge in [0.2, 0.25) is 5.89 Å². The van der Waals surface area contributed by atoms with Crippen molar-refractivity contribution in [1.29, 1.82) is 0 Å². The second-order valence-corrected chi connectivity index (χ2v) is 3.19. The smallest absolute Gasteiger partial charge is 0.218 e. The molecule has 0 aliphatic carbocycles. The molecule has 0 saturated carbocycles. The van der Waals surface area contributed by atoms with E-state index in [4.69, 9.17) is 16.0 Å². The number of aromatic nitrogens is 2. The number of oxazole rings is 1. The lowest BCUT2D eigenvalue weighted by atomic mass is 10.2. The van der Waals surface area contributed by atoms with E-state index >= 15 is 0 Å². The number of hydrogen-bond donors (Lipinski definition) is 0. The summed E-state index contributed by atoms with van der Waals surface area (Å²) in [4.78, 5) is 8.07. The van der Waals surface area contributed by atoms with Crippen LogP contribution in [0.3, 0.4) is 0 Å². The Morgan fingerprint density at radius 3 is 2.73 bits per heavy atom. The minimum Gasteiger partial charge on any atom is -0.445 e. The highest BCUT2D eigenvalue weighted by atomic mass is 35.5. The summed E-state index contributed by atoms with van der Waals surface area (Å²) in [5.74, 6) is 0.925. The summed E-state index contributed by atoms with van der Waals surface area (Å²) in [6.45, 7) is 0. The molecule has 3 nitrogen and oxygen atoms in total. The van der Waals surface area contributed by atoms with Crippen LogP contribution in [0.15, 0.2) is 35.2 Å². The van der Waals surface area contributed by atoms with Gasteiger partial charge in [-0.05, 0) is 23.8 Å². The van der Waals surface area contributed by atoms with E-state index in [2.05, 4.69) is 9.97 Å². The first kappa shape index (κ1) is 9.93. The summed E-state index contributed by atoms with van der Waals surface area (Å²) in [5, 5.41) is 0. The van der Waals surface area contributed by atoms with Crippen LogP contribution in [0.25, 0.3) is 12.2 Å². The highest BCUT2D eigenvalue weighted by Gasteiger charge is 1.97. The van der Waals surface area contributed by atoms with Crippen molar-refractivity contribution in [3.05, 3.63) is 47.9 Å². The highest BCUT2D eigenvalue weighted by molar-refractivity contribution is 6.16. The van der Waals surface area contributed by atoms with Gasteiger partial charge in [0.1, 0.15) is 6.26 Å². The predicted octanol–water partition coefficient (Wildman–Crippen LogP) is 2.98. The van der Waals surface area contributed by atoms with Gasteiger partial charge in [0.05, 0.1) is 11.6 Å². The second kappa shape index (κ2) is 4.75. The molecule has 0 saturated heterocycles. The summed E-state index contributed by atoms with van der Waals surface area (Å²) in [5.41, 5.74) is 1.79. The van der Waals surface area contributed by atoms with E-state index in [9.17, 15) is 0 Å². The average molecular weight is 221 g/mol. The van der Waals surface area contributed by atoms with Gasteiger partial charge >= 0.3 is 0 Å². The highest BCUT2D eigenvalue weighted by Crippen LogP contribution is 2.08. The minimum atomic E-state index is 0.368. The molecule has 0 aliphatic heterocycles. The molecule has 0 amide bonds. The van der Waals surface area contributed by atoms with Crippen LogP contribution in [-0.2, 0) is 5.88 Å². The Kier molecular flexibility index (Phi) is 3.15. The topological polar surface area (TPSA) is 38.9 Å². The Morgan fingerprint density at radius 1 is 1.27 bits per heavy atom. The van der Waals surface area contributed by atoms with Crippen molar-refractivity contribution in [2.75, 3.05) is 0 Å². The lowest BCUT2D eigenvalue weighted by Crippen LogP contribution is -1.76. The van der Waals surface area contributed by atoms with Gasteiger partial charge < -0.3 is 4.42 Å². The van der Waals surface area contributed by atoms with Crippen molar-refractivity contribution < 1.29 is 4.42 Å². The number of hydrogen-bond acceptors (Lipinski definition) is 3. The van der Waals surface area contributed by atoms with Gasteiger partial charge in [0.15, 0.2) is 0 Å². The zero-order chi connectivity index (χ0) is 10.5. The molecule has 0 aliphatic rings. The normalized spacial score (nSPS) is 11.0.